The number of H-pyrrole nitrogens is 1. The third kappa shape index (κ3) is 2.91. The van der Waals surface area contributed by atoms with Gasteiger partial charge in [-0.3, -0.25) is 9.51 Å². The molecule has 3 N–H and O–H groups in total. The maximum atomic E-state index is 10.9. The normalized spacial score (nSPS) is 23.9. The van der Waals surface area contributed by atoms with Gasteiger partial charge < -0.3 is 10.4 Å². The van der Waals surface area contributed by atoms with Crippen molar-refractivity contribution in [2.24, 2.45) is 17.8 Å². The van der Waals surface area contributed by atoms with Crippen molar-refractivity contribution in [2.75, 3.05) is 0 Å². The number of aromatic nitrogens is 2. The maximum Gasteiger partial charge on any atom is 0.438 e. The van der Waals surface area contributed by atoms with E-state index in [9.17, 15) is 9.59 Å². The van der Waals surface area contributed by atoms with Crippen LogP contribution in [-0.2, 0) is 0 Å². The second-order valence-electron chi connectivity index (χ2n) is 5.20. The van der Waals surface area contributed by atoms with Crippen molar-refractivity contribution in [3.05, 3.63) is 16.4 Å². The van der Waals surface area contributed by atoms with Crippen LogP contribution in [0.25, 0.3) is 0 Å². The van der Waals surface area contributed by atoms with Gasteiger partial charge in [-0.15, -0.1) is 0 Å². The molecule has 18 heavy (non-hydrogen) atoms. The minimum Gasteiger partial charge on any atom is -0.465 e. The first-order chi connectivity index (χ1) is 8.47. The summed E-state index contributed by atoms with van der Waals surface area (Å²) >= 11 is 0. The Kier molecular flexibility index (Phi) is 3.40. The first-order valence-electron chi connectivity index (χ1n) is 6.02. The predicted molar refractivity (Wildman–Crippen MR) is 62.1 cm³/mol. The Labute approximate surface area is 104 Å². The third-order valence-electron chi connectivity index (χ3n) is 3.21. The molecule has 1 aliphatic rings. The highest BCUT2D eigenvalue weighted by Gasteiger charge is 2.45. The fourth-order valence-corrected chi connectivity index (χ4v) is 2.44. The van der Waals surface area contributed by atoms with Gasteiger partial charge in [0.1, 0.15) is 0 Å². The van der Waals surface area contributed by atoms with Crippen molar-refractivity contribution in [1.82, 2.24) is 15.5 Å². The number of nitrogens with zero attached hydrogens (tertiary/aromatic N) is 1. The predicted octanol–water partition coefficient (Wildman–Crippen LogP) is 1.35. The summed E-state index contributed by atoms with van der Waals surface area (Å²) in [6, 6.07) is -0.488. The van der Waals surface area contributed by atoms with Gasteiger partial charge in [0.2, 0.25) is 0 Å². The number of carbonyl (C=O) groups is 1. The first kappa shape index (κ1) is 12.7. The van der Waals surface area contributed by atoms with Gasteiger partial charge in [0.15, 0.2) is 5.82 Å². The van der Waals surface area contributed by atoms with Crippen molar-refractivity contribution in [2.45, 2.75) is 32.7 Å². The van der Waals surface area contributed by atoms with Crippen LogP contribution in [-0.4, -0.2) is 21.3 Å². The molecule has 1 saturated carbocycles. The molecule has 0 bridgehead atoms. The smallest absolute Gasteiger partial charge is 0.438 e. The number of carboxylic acid groups (broad SMARTS) is 1. The van der Waals surface area contributed by atoms with E-state index in [0.717, 1.165) is 12.8 Å². The van der Waals surface area contributed by atoms with Gasteiger partial charge in [-0.1, -0.05) is 19.0 Å². The Morgan fingerprint density at radius 3 is 2.89 bits per heavy atom. The zero-order valence-electron chi connectivity index (χ0n) is 10.3. The fraction of sp³-hybridized carbons (Fsp3) is 0.727. The Balaban J connectivity index is 2.08. The van der Waals surface area contributed by atoms with Gasteiger partial charge in [0, 0.05) is 0 Å². The molecule has 0 spiro atoms. The van der Waals surface area contributed by atoms with Gasteiger partial charge in [-0.05, 0) is 30.6 Å². The summed E-state index contributed by atoms with van der Waals surface area (Å²) in [7, 11) is 0. The molecule has 0 aliphatic heterocycles. The molecule has 3 unspecified atom stereocenters. The molecule has 1 amide bonds. The van der Waals surface area contributed by atoms with Gasteiger partial charge in [-0.25, -0.2) is 9.59 Å². The summed E-state index contributed by atoms with van der Waals surface area (Å²) in [5.74, 6) is 0.829. The molecular formula is C11H17N3O4. The molecule has 1 aromatic rings. The lowest BCUT2D eigenvalue weighted by Crippen LogP contribution is -2.30. The largest absolute Gasteiger partial charge is 0.465 e. The van der Waals surface area contributed by atoms with Crippen LogP contribution < -0.4 is 11.1 Å². The molecule has 7 nitrogen and oxygen atoms in total. The van der Waals surface area contributed by atoms with Gasteiger partial charge in [0.05, 0.1) is 6.04 Å². The average Bonchev–Trinajstić information content (AvgIpc) is 2.85. The molecule has 7 heteroatoms. The van der Waals surface area contributed by atoms with E-state index in [1.54, 1.807) is 0 Å². The highest BCUT2D eigenvalue weighted by atomic mass is 16.5. The molecule has 0 radical (unpaired) electrons. The van der Waals surface area contributed by atoms with Crippen LogP contribution >= 0.6 is 0 Å². The summed E-state index contributed by atoms with van der Waals surface area (Å²) in [4.78, 5) is 24.1. The number of nitrogens with one attached hydrogen (secondary N) is 2. The van der Waals surface area contributed by atoms with E-state index in [0.29, 0.717) is 11.8 Å². The molecule has 1 fully saturated rings. The van der Waals surface area contributed by atoms with E-state index in [-0.39, 0.29) is 11.7 Å². The minimum absolute atomic E-state index is 0.184. The van der Waals surface area contributed by atoms with Gasteiger partial charge in [0.25, 0.3) is 0 Å². The van der Waals surface area contributed by atoms with Crippen LogP contribution in [0.2, 0.25) is 0 Å². The molecule has 3 atom stereocenters. The van der Waals surface area contributed by atoms with Crippen molar-refractivity contribution in [1.29, 1.82) is 0 Å². The fourth-order valence-electron chi connectivity index (χ4n) is 2.44. The second-order valence-corrected chi connectivity index (χ2v) is 5.20. The number of hydrogen-bond acceptors (Lipinski definition) is 4. The molecule has 0 aromatic carbocycles. The Morgan fingerprint density at radius 2 is 2.39 bits per heavy atom. The third-order valence-corrected chi connectivity index (χ3v) is 3.21. The van der Waals surface area contributed by atoms with Crippen LogP contribution in [0, 0.1) is 17.8 Å². The van der Waals surface area contributed by atoms with Gasteiger partial charge >= 0.3 is 11.8 Å². The quantitative estimate of drug-likeness (QED) is 0.736. The van der Waals surface area contributed by atoms with Crippen LogP contribution in [0.5, 0.6) is 0 Å². The monoisotopic (exact) mass is 255 g/mol. The summed E-state index contributed by atoms with van der Waals surface area (Å²) in [6.07, 6.45) is 0.863. The summed E-state index contributed by atoms with van der Waals surface area (Å²) < 4.78 is 4.43. The zero-order valence-corrected chi connectivity index (χ0v) is 10.3. The van der Waals surface area contributed by atoms with E-state index in [1.165, 1.54) is 0 Å². The van der Waals surface area contributed by atoms with E-state index in [2.05, 4.69) is 33.8 Å². The molecule has 100 valence electrons. The van der Waals surface area contributed by atoms with Crippen LogP contribution in [0.4, 0.5) is 4.79 Å². The number of hydrogen-bond donors (Lipinski definition) is 3. The maximum absolute atomic E-state index is 10.9. The summed E-state index contributed by atoms with van der Waals surface area (Å²) in [5.41, 5.74) is 0. The van der Waals surface area contributed by atoms with E-state index >= 15 is 0 Å². The first-order valence-corrected chi connectivity index (χ1v) is 6.02. The van der Waals surface area contributed by atoms with Crippen LogP contribution in [0.1, 0.15) is 38.6 Å². The lowest BCUT2D eigenvalue weighted by Gasteiger charge is -2.13. The molecule has 2 rings (SSSR count). The number of amides is 1. The lowest BCUT2D eigenvalue weighted by molar-refractivity contribution is 0.186. The highest BCUT2D eigenvalue weighted by molar-refractivity contribution is 5.65. The standard InChI is InChI=1S/C11H17N3O4/c1-5(2)3-6-4-7(6)8(12-10(15)16)9-13-11(17)18-14-9/h5-8,12H,3-4H2,1-2H3,(H,15,16)(H,13,14,17). The van der Waals surface area contributed by atoms with Crippen molar-refractivity contribution >= 4 is 6.09 Å². The van der Waals surface area contributed by atoms with E-state index in [1.807, 2.05) is 0 Å². The summed E-state index contributed by atoms with van der Waals surface area (Å²) in [6.45, 7) is 4.26. The van der Waals surface area contributed by atoms with Gasteiger partial charge in [-0.2, -0.15) is 0 Å². The molecule has 1 aliphatic carbocycles. The second kappa shape index (κ2) is 4.83. The Hall–Kier alpha value is -1.79. The molecule has 1 heterocycles. The lowest BCUT2D eigenvalue weighted by atomic mass is 10.0. The van der Waals surface area contributed by atoms with E-state index < -0.39 is 17.9 Å². The molecular weight excluding hydrogens is 238 g/mol. The van der Waals surface area contributed by atoms with Crippen LogP contribution in [0.15, 0.2) is 9.32 Å². The topological polar surface area (TPSA) is 108 Å². The average molecular weight is 255 g/mol. The van der Waals surface area contributed by atoms with Crippen molar-refractivity contribution < 1.29 is 14.4 Å². The number of aromatic amines is 1. The van der Waals surface area contributed by atoms with Crippen LogP contribution in [0.3, 0.4) is 0 Å². The molecule has 0 saturated heterocycles. The number of rotatable bonds is 5. The minimum atomic E-state index is -1.13. The summed E-state index contributed by atoms with van der Waals surface area (Å²) in [5, 5.41) is 14.8. The molecule has 1 aromatic heterocycles. The van der Waals surface area contributed by atoms with E-state index in [4.69, 9.17) is 5.11 Å². The SMILES string of the molecule is CC(C)CC1CC1C(NC(=O)O)c1noc(=O)[nH]1. The van der Waals surface area contributed by atoms with Crippen molar-refractivity contribution in [3.63, 3.8) is 0 Å². The Bertz CT molecular complexity index is 479. The zero-order chi connectivity index (χ0) is 13.3. The highest BCUT2D eigenvalue weighted by Crippen LogP contribution is 2.49. The Morgan fingerprint density at radius 1 is 1.67 bits per heavy atom. The van der Waals surface area contributed by atoms with Crippen molar-refractivity contribution in [3.8, 4) is 0 Å².